The van der Waals surface area contributed by atoms with E-state index in [2.05, 4.69) is 17.2 Å². The van der Waals surface area contributed by atoms with Crippen molar-refractivity contribution in [3.63, 3.8) is 0 Å². The Hall–Kier alpha value is -1.87. The molecule has 0 unspecified atom stereocenters. The minimum atomic E-state index is -0.249. The molecule has 3 nitrogen and oxygen atoms in total. The molecule has 1 heterocycles. The number of hydrogen-bond acceptors (Lipinski definition) is 2. The van der Waals surface area contributed by atoms with Crippen LogP contribution in [0.3, 0.4) is 0 Å². The van der Waals surface area contributed by atoms with Crippen LogP contribution in [-0.2, 0) is 6.42 Å². The summed E-state index contributed by atoms with van der Waals surface area (Å²) in [6.45, 7) is 2.14. The molecule has 2 rings (SSSR count). The molecule has 0 bridgehead atoms. The number of anilines is 1. The van der Waals surface area contributed by atoms with Gasteiger partial charge in [-0.3, -0.25) is 9.78 Å². The van der Waals surface area contributed by atoms with Crippen molar-refractivity contribution in [2.45, 2.75) is 19.8 Å². The van der Waals surface area contributed by atoms with Gasteiger partial charge in [-0.15, -0.1) is 0 Å². The number of carbonyl (C=O) groups is 1. The van der Waals surface area contributed by atoms with Crippen molar-refractivity contribution < 1.29 is 4.79 Å². The Balaban J connectivity index is 2.09. The zero-order chi connectivity index (χ0) is 13.7. The van der Waals surface area contributed by atoms with Crippen molar-refractivity contribution in [1.82, 2.24) is 4.98 Å². The summed E-state index contributed by atoms with van der Waals surface area (Å²) in [4.78, 5) is 15.9. The molecule has 1 aromatic carbocycles. The lowest BCUT2D eigenvalue weighted by atomic mass is 10.1. The average molecular weight is 275 g/mol. The van der Waals surface area contributed by atoms with Gasteiger partial charge in [0.2, 0.25) is 0 Å². The molecular formula is C15H15ClN2O. The summed E-state index contributed by atoms with van der Waals surface area (Å²) in [7, 11) is 0. The fourth-order valence-electron chi connectivity index (χ4n) is 1.79. The molecule has 19 heavy (non-hydrogen) atoms. The van der Waals surface area contributed by atoms with Gasteiger partial charge in [0.25, 0.3) is 5.91 Å². The molecule has 0 aliphatic rings. The summed E-state index contributed by atoms with van der Waals surface area (Å²) in [6, 6.07) is 9.43. The highest BCUT2D eigenvalue weighted by atomic mass is 35.5. The minimum Gasteiger partial charge on any atom is -0.322 e. The fourth-order valence-corrected chi connectivity index (χ4v) is 1.98. The molecule has 98 valence electrons. The maximum absolute atomic E-state index is 12.0. The number of carbonyl (C=O) groups excluding carboxylic acids is 1. The van der Waals surface area contributed by atoms with Crippen molar-refractivity contribution in [2.75, 3.05) is 5.32 Å². The van der Waals surface area contributed by atoms with Gasteiger partial charge in [0.1, 0.15) is 0 Å². The van der Waals surface area contributed by atoms with Crippen LogP contribution in [0.15, 0.2) is 42.7 Å². The first-order valence-corrected chi connectivity index (χ1v) is 6.58. The predicted molar refractivity (Wildman–Crippen MR) is 77.6 cm³/mol. The van der Waals surface area contributed by atoms with Crippen LogP contribution in [-0.4, -0.2) is 10.9 Å². The van der Waals surface area contributed by atoms with Gasteiger partial charge in [0.05, 0.1) is 10.6 Å². The lowest BCUT2D eigenvalue weighted by molar-refractivity contribution is 0.102. The Bertz CT molecular complexity index is 567. The Morgan fingerprint density at radius 3 is 2.63 bits per heavy atom. The van der Waals surface area contributed by atoms with Crippen molar-refractivity contribution >= 4 is 23.2 Å². The predicted octanol–water partition coefficient (Wildman–Crippen LogP) is 3.94. The number of pyridine rings is 1. The largest absolute Gasteiger partial charge is 0.322 e. The zero-order valence-electron chi connectivity index (χ0n) is 10.7. The second kappa shape index (κ2) is 6.34. The summed E-state index contributed by atoms with van der Waals surface area (Å²) in [5, 5.41) is 3.20. The maximum Gasteiger partial charge on any atom is 0.258 e. The molecule has 2 aromatic rings. The lowest BCUT2D eigenvalue weighted by Crippen LogP contribution is -2.12. The van der Waals surface area contributed by atoms with E-state index in [1.165, 1.54) is 11.8 Å². The van der Waals surface area contributed by atoms with E-state index in [-0.39, 0.29) is 5.91 Å². The minimum absolute atomic E-state index is 0.249. The van der Waals surface area contributed by atoms with Gasteiger partial charge in [-0.2, -0.15) is 0 Å². The van der Waals surface area contributed by atoms with E-state index in [1.807, 2.05) is 24.3 Å². The van der Waals surface area contributed by atoms with E-state index >= 15 is 0 Å². The third kappa shape index (κ3) is 3.55. The van der Waals surface area contributed by atoms with Crippen LogP contribution >= 0.6 is 11.6 Å². The Labute approximate surface area is 117 Å². The summed E-state index contributed by atoms with van der Waals surface area (Å²) in [5.41, 5.74) is 2.39. The number of rotatable bonds is 4. The van der Waals surface area contributed by atoms with E-state index in [9.17, 15) is 4.79 Å². The van der Waals surface area contributed by atoms with E-state index in [0.717, 1.165) is 18.5 Å². The van der Waals surface area contributed by atoms with Crippen LogP contribution in [0.25, 0.3) is 0 Å². The van der Waals surface area contributed by atoms with E-state index in [1.54, 1.807) is 12.3 Å². The molecule has 4 heteroatoms. The highest BCUT2D eigenvalue weighted by molar-refractivity contribution is 6.34. The van der Waals surface area contributed by atoms with Crippen molar-refractivity contribution in [2.24, 2.45) is 0 Å². The monoisotopic (exact) mass is 274 g/mol. The van der Waals surface area contributed by atoms with Crippen LogP contribution in [0.4, 0.5) is 5.69 Å². The second-order valence-electron chi connectivity index (χ2n) is 4.26. The molecule has 0 aliphatic carbocycles. The SMILES string of the molecule is CCCc1ccc(NC(=O)c2cnccc2Cl)cc1. The number of benzene rings is 1. The number of aryl methyl sites for hydroxylation is 1. The highest BCUT2D eigenvalue weighted by Crippen LogP contribution is 2.16. The summed E-state index contributed by atoms with van der Waals surface area (Å²) in [5.74, 6) is -0.249. The quantitative estimate of drug-likeness (QED) is 0.917. The molecule has 0 radical (unpaired) electrons. The van der Waals surface area contributed by atoms with Gasteiger partial charge >= 0.3 is 0 Å². The van der Waals surface area contributed by atoms with Crippen LogP contribution in [0.5, 0.6) is 0 Å². The van der Waals surface area contributed by atoms with Crippen molar-refractivity contribution in [3.05, 3.63) is 58.9 Å². The van der Waals surface area contributed by atoms with Gasteiger partial charge in [0.15, 0.2) is 0 Å². The summed E-state index contributed by atoms with van der Waals surface area (Å²) in [6.07, 6.45) is 5.17. The molecule has 1 N–H and O–H groups in total. The summed E-state index contributed by atoms with van der Waals surface area (Å²) < 4.78 is 0. The molecule has 0 saturated carbocycles. The number of amides is 1. The molecule has 0 aliphatic heterocycles. The van der Waals surface area contributed by atoms with Crippen LogP contribution in [0, 0.1) is 0 Å². The topological polar surface area (TPSA) is 42.0 Å². The average Bonchev–Trinajstić information content (AvgIpc) is 2.42. The zero-order valence-corrected chi connectivity index (χ0v) is 11.4. The number of aromatic nitrogens is 1. The third-order valence-corrected chi connectivity index (χ3v) is 3.09. The van der Waals surface area contributed by atoms with E-state index in [4.69, 9.17) is 11.6 Å². The molecule has 0 fully saturated rings. The smallest absolute Gasteiger partial charge is 0.258 e. The first-order chi connectivity index (χ1) is 9.20. The molecular weight excluding hydrogens is 260 g/mol. The standard InChI is InChI=1S/C15H15ClN2O/c1-2-3-11-4-6-12(7-5-11)18-15(19)13-10-17-9-8-14(13)16/h4-10H,2-3H2,1H3,(H,18,19). The maximum atomic E-state index is 12.0. The summed E-state index contributed by atoms with van der Waals surface area (Å²) >= 11 is 5.95. The van der Waals surface area contributed by atoms with E-state index in [0.29, 0.717) is 10.6 Å². The Morgan fingerprint density at radius 2 is 2.00 bits per heavy atom. The van der Waals surface area contributed by atoms with Gasteiger partial charge in [0, 0.05) is 18.1 Å². The Morgan fingerprint density at radius 1 is 1.26 bits per heavy atom. The van der Waals surface area contributed by atoms with Gasteiger partial charge in [-0.1, -0.05) is 37.1 Å². The van der Waals surface area contributed by atoms with Gasteiger partial charge in [-0.25, -0.2) is 0 Å². The fraction of sp³-hybridized carbons (Fsp3) is 0.200. The van der Waals surface area contributed by atoms with Crippen LogP contribution < -0.4 is 5.32 Å². The van der Waals surface area contributed by atoms with Gasteiger partial charge < -0.3 is 5.32 Å². The van der Waals surface area contributed by atoms with Gasteiger partial charge in [-0.05, 0) is 30.2 Å². The third-order valence-electron chi connectivity index (χ3n) is 2.76. The Kier molecular flexibility index (Phi) is 4.53. The molecule has 0 atom stereocenters. The second-order valence-corrected chi connectivity index (χ2v) is 4.66. The number of halogens is 1. The molecule has 0 spiro atoms. The van der Waals surface area contributed by atoms with Crippen LogP contribution in [0.1, 0.15) is 29.3 Å². The highest BCUT2D eigenvalue weighted by Gasteiger charge is 2.10. The number of hydrogen-bond donors (Lipinski definition) is 1. The van der Waals surface area contributed by atoms with E-state index < -0.39 is 0 Å². The first-order valence-electron chi connectivity index (χ1n) is 6.20. The number of nitrogens with zero attached hydrogens (tertiary/aromatic N) is 1. The molecule has 1 aromatic heterocycles. The molecule has 0 saturated heterocycles. The number of nitrogens with one attached hydrogen (secondary N) is 1. The normalized spacial score (nSPS) is 10.2. The first kappa shape index (κ1) is 13.6. The molecule has 1 amide bonds. The lowest BCUT2D eigenvalue weighted by Gasteiger charge is -2.07. The van der Waals surface area contributed by atoms with Crippen LogP contribution in [0.2, 0.25) is 5.02 Å². The van der Waals surface area contributed by atoms with Crippen molar-refractivity contribution in [3.8, 4) is 0 Å². The van der Waals surface area contributed by atoms with Crippen molar-refractivity contribution in [1.29, 1.82) is 0 Å².